The summed E-state index contributed by atoms with van der Waals surface area (Å²) in [5, 5.41) is 12.1. The molecule has 0 radical (unpaired) electrons. The Hall–Kier alpha value is -1.49. The van der Waals surface area contributed by atoms with Gasteiger partial charge in [0.1, 0.15) is 0 Å². The molecular formula is C13H18N2. The molecule has 1 aromatic carbocycles. The Morgan fingerprint density at radius 3 is 2.33 bits per heavy atom. The molecule has 1 aromatic rings. The SMILES string of the molecule is CC[C@H](C)[C@H](C)Nc1ccc(C#N)cc1. The topological polar surface area (TPSA) is 35.8 Å². The van der Waals surface area contributed by atoms with Crippen molar-refractivity contribution in [2.24, 2.45) is 5.92 Å². The molecule has 0 amide bonds. The molecule has 0 fully saturated rings. The zero-order valence-electron chi connectivity index (χ0n) is 9.62. The fourth-order valence-electron chi connectivity index (χ4n) is 1.40. The van der Waals surface area contributed by atoms with E-state index in [-0.39, 0.29) is 0 Å². The van der Waals surface area contributed by atoms with Crippen LogP contribution < -0.4 is 5.32 Å². The number of nitriles is 1. The van der Waals surface area contributed by atoms with Gasteiger partial charge in [-0.25, -0.2) is 0 Å². The first-order chi connectivity index (χ1) is 7.17. The molecule has 0 heterocycles. The number of rotatable bonds is 4. The molecule has 2 heteroatoms. The van der Waals surface area contributed by atoms with Crippen LogP contribution in [0.3, 0.4) is 0 Å². The molecular weight excluding hydrogens is 184 g/mol. The monoisotopic (exact) mass is 202 g/mol. The molecule has 0 aliphatic rings. The van der Waals surface area contributed by atoms with E-state index in [9.17, 15) is 0 Å². The Labute approximate surface area is 91.9 Å². The highest BCUT2D eigenvalue weighted by atomic mass is 14.9. The van der Waals surface area contributed by atoms with Crippen LogP contribution in [-0.2, 0) is 0 Å². The van der Waals surface area contributed by atoms with Crippen LogP contribution in [-0.4, -0.2) is 6.04 Å². The van der Waals surface area contributed by atoms with Crippen molar-refractivity contribution in [3.63, 3.8) is 0 Å². The van der Waals surface area contributed by atoms with E-state index in [0.717, 1.165) is 5.69 Å². The first-order valence-corrected chi connectivity index (χ1v) is 5.44. The van der Waals surface area contributed by atoms with Gasteiger partial charge in [-0.2, -0.15) is 5.26 Å². The first-order valence-electron chi connectivity index (χ1n) is 5.44. The summed E-state index contributed by atoms with van der Waals surface area (Å²) in [5.41, 5.74) is 1.79. The van der Waals surface area contributed by atoms with Gasteiger partial charge in [-0.1, -0.05) is 20.3 Å². The van der Waals surface area contributed by atoms with Gasteiger partial charge in [-0.3, -0.25) is 0 Å². The third kappa shape index (κ3) is 3.28. The second-order valence-electron chi connectivity index (χ2n) is 4.01. The van der Waals surface area contributed by atoms with Crippen LogP contribution in [0.4, 0.5) is 5.69 Å². The van der Waals surface area contributed by atoms with Crippen LogP contribution in [0.2, 0.25) is 0 Å². The van der Waals surface area contributed by atoms with Crippen LogP contribution in [0.15, 0.2) is 24.3 Å². The second kappa shape index (κ2) is 5.41. The zero-order valence-corrected chi connectivity index (χ0v) is 9.62. The molecule has 0 aliphatic carbocycles. The zero-order chi connectivity index (χ0) is 11.3. The van der Waals surface area contributed by atoms with Gasteiger partial charge in [0, 0.05) is 11.7 Å². The maximum absolute atomic E-state index is 8.67. The van der Waals surface area contributed by atoms with Crippen molar-refractivity contribution in [2.45, 2.75) is 33.2 Å². The van der Waals surface area contributed by atoms with Crippen molar-refractivity contribution in [3.8, 4) is 6.07 Å². The summed E-state index contributed by atoms with van der Waals surface area (Å²) in [5.74, 6) is 0.653. The summed E-state index contributed by atoms with van der Waals surface area (Å²) in [6.45, 7) is 6.62. The third-order valence-corrected chi connectivity index (χ3v) is 2.91. The highest BCUT2D eigenvalue weighted by molar-refractivity contribution is 5.47. The van der Waals surface area contributed by atoms with E-state index in [4.69, 9.17) is 5.26 Å². The maximum atomic E-state index is 8.67. The van der Waals surface area contributed by atoms with E-state index in [1.54, 1.807) is 0 Å². The van der Waals surface area contributed by atoms with Crippen molar-refractivity contribution >= 4 is 5.69 Å². The summed E-state index contributed by atoms with van der Waals surface area (Å²) in [4.78, 5) is 0. The highest BCUT2D eigenvalue weighted by Crippen LogP contribution is 2.15. The van der Waals surface area contributed by atoms with E-state index >= 15 is 0 Å². The van der Waals surface area contributed by atoms with Gasteiger partial charge < -0.3 is 5.32 Å². The molecule has 2 nitrogen and oxygen atoms in total. The minimum atomic E-state index is 0.461. The fourth-order valence-corrected chi connectivity index (χ4v) is 1.40. The number of hydrogen-bond donors (Lipinski definition) is 1. The average Bonchev–Trinajstić information content (AvgIpc) is 2.29. The van der Waals surface area contributed by atoms with Crippen LogP contribution in [0, 0.1) is 17.2 Å². The quantitative estimate of drug-likeness (QED) is 0.812. The molecule has 80 valence electrons. The summed E-state index contributed by atoms with van der Waals surface area (Å²) < 4.78 is 0. The summed E-state index contributed by atoms with van der Waals surface area (Å²) in [6, 6.07) is 10.2. The van der Waals surface area contributed by atoms with Gasteiger partial charge in [0.25, 0.3) is 0 Å². The molecule has 0 aromatic heterocycles. The molecule has 1 rings (SSSR count). The Bertz CT molecular complexity index is 335. The molecule has 0 saturated carbocycles. The largest absolute Gasteiger partial charge is 0.382 e. The molecule has 0 aliphatic heterocycles. The summed E-state index contributed by atoms with van der Waals surface area (Å²) >= 11 is 0. The first kappa shape index (κ1) is 11.6. The maximum Gasteiger partial charge on any atom is 0.0991 e. The minimum absolute atomic E-state index is 0.461. The molecule has 0 unspecified atom stereocenters. The Morgan fingerprint density at radius 2 is 1.87 bits per heavy atom. The lowest BCUT2D eigenvalue weighted by Crippen LogP contribution is -2.23. The molecule has 0 saturated heterocycles. The fraction of sp³-hybridized carbons (Fsp3) is 0.462. The number of benzene rings is 1. The van der Waals surface area contributed by atoms with Gasteiger partial charge in [-0.05, 0) is 37.1 Å². The molecule has 0 bridgehead atoms. The Balaban J connectivity index is 2.61. The Morgan fingerprint density at radius 1 is 1.27 bits per heavy atom. The lowest BCUT2D eigenvalue weighted by atomic mass is 10.0. The minimum Gasteiger partial charge on any atom is -0.382 e. The molecule has 15 heavy (non-hydrogen) atoms. The smallest absolute Gasteiger partial charge is 0.0991 e. The number of hydrogen-bond acceptors (Lipinski definition) is 2. The molecule has 1 N–H and O–H groups in total. The predicted molar refractivity (Wildman–Crippen MR) is 63.7 cm³/mol. The van der Waals surface area contributed by atoms with Crippen molar-refractivity contribution in [1.82, 2.24) is 0 Å². The van der Waals surface area contributed by atoms with Crippen LogP contribution in [0.1, 0.15) is 32.8 Å². The van der Waals surface area contributed by atoms with E-state index in [1.165, 1.54) is 6.42 Å². The van der Waals surface area contributed by atoms with Crippen LogP contribution >= 0.6 is 0 Å². The van der Waals surface area contributed by atoms with E-state index < -0.39 is 0 Å². The van der Waals surface area contributed by atoms with Crippen molar-refractivity contribution in [3.05, 3.63) is 29.8 Å². The summed E-state index contributed by atoms with van der Waals surface area (Å²) in [6.07, 6.45) is 1.17. The second-order valence-corrected chi connectivity index (χ2v) is 4.01. The van der Waals surface area contributed by atoms with Gasteiger partial charge in [0.05, 0.1) is 11.6 Å². The standard InChI is InChI=1S/C13H18N2/c1-4-10(2)11(3)15-13-7-5-12(9-14)6-8-13/h5-8,10-11,15H,4H2,1-3H3/t10-,11-/m0/s1. The van der Waals surface area contributed by atoms with E-state index in [0.29, 0.717) is 17.5 Å². The Kier molecular flexibility index (Phi) is 4.17. The van der Waals surface area contributed by atoms with Crippen molar-refractivity contribution < 1.29 is 0 Å². The number of nitrogens with zero attached hydrogens (tertiary/aromatic N) is 1. The predicted octanol–water partition coefficient (Wildman–Crippen LogP) is 3.40. The van der Waals surface area contributed by atoms with Gasteiger partial charge in [-0.15, -0.1) is 0 Å². The van der Waals surface area contributed by atoms with Gasteiger partial charge in [0.2, 0.25) is 0 Å². The van der Waals surface area contributed by atoms with Gasteiger partial charge in [0.15, 0.2) is 0 Å². The van der Waals surface area contributed by atoms with Gasteiger partial charge >= 0.3 is 0 Å². The lowest BCUT2D eigenvalue weighted by molar-refractivity contribution is 0.494. The average molecular weight is 202 g/mol. The number of anilines is 1. The number of nitrogens with one attached hydrogen (secondary N) is 1. The van der Waals surface area contributed by atoms with Crippen molar-refractivity contribution in [2.75, 3.05) is 5.32 Å². The lowest BCUT2D eigenvalue weighted by Gasteiger charge is -2.21. The molecule has 0 spiro atoms. The van der Waals surface area contributed by atoms with E-state index in [2.05, 4.69) is 32.2 Å². The van der Waals surface area contributed by atoms with E-state index in [1.807, 2.05) is 24.3 Å². The highest BCUT2D eigenvalue weighted by Gasteiger charge is 2.09. The normalized spacial score (nSPS) is 14.0. The van der Waals surface area contributed by atoms with Crippen LogP contribution in [0.25, 0.3) is 0 Å². The third-order valence-electron chi connectivity index (χ3n) is 2.91. The van der Waals surface area contributed by atoms with Crippen molar-refractivity contribution in [1.29, 1.82) is 5.26 Å². The van der Waals surface area contributed by atoms with Crippen LogP contribution in [0.5, 0.6) is 0 Å². The molecule has 2 atom stereocenters. The summed E-state index contributed by atoms with van der Waals surface area (Å²) in [7, 11) is 0.